The molecule has 0 amide bonds. The van der Waals surface area contributed by atoms with Gasteiger partial charge in [-0.15, -0.1) is 0 Å². The zero-order chi connectivity index (χ0) is 14.4. The minimum absolute atomic E-state index is 0.578. The van der Waals surface area contributed by atoms with Gasteiger partial charge in [-0.3, -0.25) is 0 Å². The Morgan fingerprint density at radius 2 is 1.75 bits per heavy atom. The maximum Gasteiger partial charge on any atom is 0.0823 e. The van der Waals surface area contributed by atoms with Crippen LogP contribution in [0.1, 0.15) is 5.56 Å². The summed E-state index contributed by atoms with van der Waals surface area (Å²) in [6.45, 7) is 2.69. The Morgan fingerprint density at radius 1 is 1.00 bits per heavy atom. The second-order valence-corrected chi connectivity index (χ2v) is 5.54. The van der Waals surface area contributed by atoms with E-state index in [0.717, 1.165) is 25.3 Å². The summed E-state index contributed by atoms with van der Waals surface area (Å²) in [5.74, 6) is 0. The van der Waals surface area contributed by atoms with Gasteiger partial charge in [0.15, 0.2) is 0 Å². The lowest BCUT2D eigenvalue weighted by atomic mass is 10.2. The van der Waals surface area contributed by atoms with Crippen molar-refractivity contribution in [2.24, 2.45) is 0 Å². The molecule has 1 N–H and O–H groups in total. The summed E-state index contributed by atoms with van der Waals surface area (Å²) in [6.07, 6.45) is 0. The predicted octanol–water partition coefficient (Wildman–Crippen LogP) is 4.54. The molecule has 0 aliphatic heterocycles. The lowest BCUT2D eigenvalue weighted by molar-refractivity contribution is 0.340. The molecule has 0 spiro atoms. The van der Waals surface area contributed by atoms with Crippen LogP contribution in [0.4, 0.5) is 5.69 Å². The lowest BCUT2D eigenvalue weighted by Gasteiger charge is -2.18. The maximum absolute atomic E-state index is 6.13. The van der Waals surface area contributed by atoms with Gasteiger partial charge in [-0.25, -0.2) is 0 Å². The monoisotopic (exact) mass is 308 g/mol. The van der Waals surface area contributed by atoms with Crippen LogP contribution in [0.25, 0.3) is 0 Å². The van der Waals surface area contributed by atoms with E-state index in [4.69, 9.17) is 23.2 Å². The molecule has 0 unspecified atom stereocenters. The number of benzene rings is 2. The van der Waals surface area contributed by atoms with Crippen molar-refractivity contribution in [2.45, 2.75) is 6.54 Å². The Hall–Kier alpha value is -1.22. The van der Waals surface area contributed by atoms with Crippen molar-refractivity contribution in [3.8, 4) is 0 Å². The number of nitrogens with one attached hydrogen (secondary N) is 1. The van der Waals surface area contributed by atoms with Crippen molar-refractivity contribution >= 4 is 28.9 Å². The van der Waals surface area contributed by atoms with E-state index in [1.807, 2.05) is 18.2 Å². The first-order valence-corrected chi connectivity index (χ1v) is 7.33. The minimum atomic E-state index is 0.578. The minimum Gasteiger partial charge on any atom is -0.383 e. The molecule has 20 heavy (non-hydrogen) atoms. The van der Waals surface area contributed by atoms with Crippen LogP contribution in [0.2, 0.25) is 10.0 Å². The van der Waals surface area contributed by atoms with Crippen LogP contribution in [0, 0.1) is 0 Å². The highest BCUT2D eigenvalue weighted by Gasteiger charge is 2.04. The average molecular weight is 309 g/mol. The second kappa shape index (κ2) is 7.53. The number of halogens is 2. The largest absolute Gasteiger partial charge is 0.383 e. The molecule has 0 saturated heterocycles. The molecule has 0 aliphatic rings. The molecule has 0 atom stereocenters. The van der Waals surface area contributed by atoms with Crippen molar-refractivity contribution in [3.05, 3.63) is 64.1 Å². The first-order chi connectivity index (χ1) is 9.66. The molecule has 4 heteroatoms. The topological polar surface area (TPSA) is 15.3 Å². The molecule has 0 saturated carbocycles. The number of anilines is 1. The van der Waals surface area contributed by atoms with Crippen LogP contribution in [-0.4, -0.2) is 25.0 Å². The quantitative estimate of drug-likeness (QED) is 0.843. The maximum atomic E-state index is 6.13. The Morgan fingerprint density at radius 3 is 2.50 bits per heavy atom. The summed E-state index contributed by atoms with van der Waals surface area (Å²) in [5.41, 5.74) is 2.20. The normalized spacial score (nSPS) is 10.8. The number of likely N-dealkylation sites (N-methyl/N-ethyl adjacent to an activating group) is 1. The van der Waals surface area contributed by atoms with Crippen LogP contribution < -0.4 is 5.32 Å². The third-order valence-electron chi connectivity index (χ3n) is 3.06. The molecule has 0 bridgehead atoms. The van der Waals surface area contributed by atoms with Crippen molar-refractivity contribution < 1.29 is 0 Å². The molecule has 2 nitrogen and oxygen atoms in total. The highest BCUT2D eigenvalue weighted by Crippen LogP contribution is 2.29. The molecule has 2 aromatic carbocycles. The van der Waals surface area contributed by atoms with Gasteiger partial charge in [0.2, 0.25) is 0 Å². The number of rotatable bonds is 6. The zero-order valence-electron chi connectivity index (χ0n) is 11.4. The van der Waals surface area contributed by atoms with E-state index in [-0.39, 0.29) is 0 Å². The SMILES string of the molecule is CN(CCNc1cccc(Cl)c1Cl)Cc1ccccc1. The highest BCUT2D eigenvalue weighted by atomic mass is 35.5. The zero-order valence-corrected chi connectivity index (χ0v) is 13.0. The van der Waals surface area contributed by atoms with Gasteiger partial charge in [0.1, 0.15) is 0 Å². The van der Waals surface area contributed by atoms with E-state index in [2.05, 4.69) is 41.5 Å². The molecule has 0 fully saturated rings. The number of hydrogen-bond acceptors (Lipinski definition) is 2. The van der Waals surface area contributed by atoms with E-state index < -0.39 is 0 Å². The Balaban J connectivity index is 1.79. The fraction of sp³-hybridized carbons (Fsp3) is 0.250. The van der Waals surface area contributed by atoms with Crippen molar-refractivity contribution in [2.75, 3.05) is 25.5 Å². The Labute approximate surface area is 130 Å². The van der Waals surface area contributed by atoms with Crippen molar-refractivity contribution in [1.29, 1.82) is 0 Å². The third kappa shape index (κ3) is 4.41. The molecule has 0 aliphatic carbocycles. The van der Waals surface area contributed by atoms with Crippen LogP contribution in [0.5, 0.6) is 0 Å². The van der Waals surface area contributed by atoms with E-state index >= 15 is 0 Å². The second-order valence-electron chi connectivity index (χ2n) is 4.75. The molecule has 0 heterocycles. The van der Waals surface area contributed by atoms with Crippen LogP contribution in [-0.2, 0) is 6.54 Å². The fourth-order valence-electron chi connectivity index (χ4n) is 2.00. The standard InChI is InChI=1S/C16H18Cl2N2/c1-20(12-13-6-3-2-4-7-13)11-10-19-15-9-5-8-14(17)16(15)18/h2-9,19H,10-12H2,1H3. The lowest BCUT2D eigenvalue weighted by Crippen LogP contribution is -2.24. The molecular weight excluding hydrogens is 291 g/mol. The Kier molecular flexibility index (Phi) is 5.72. The summed E-state index contributed by atoms with van der Waals surface area (Å²) in [5, 5.41) is 4.47. The molecule has 2 rings (SSSR count). The van der Waals surface area contributed by atoms with Gasteiger partial charge in [0.05, 0.1) is 15.7 Å². The van der Waals surface area contributed by atoms with Crippen LogP contribution in [0.3, 0.4) is 0 Å². The van der Waals surface area contributed by atoms with Crippen molar-refractivity contribution in [3.63, 3.8) is 0 Å². The van der Waals surface area contributed by atoms with Gasteiger partial charge in [0, 0.05) is 19.6 Å². The van der Waals surface area contributed by atoms with Gasteiger partial charge in [-0.1, -0.05) is 59.6 Å². The summed E-state index contributed by atoms with van der Waals surface area (Å²) < 4.78 is 0. The fourth-order valence-corrected chi connectivity index (χ4v) is 2.36. The highest BCUT2D eigenvalue weighted by molar-refractivity contribution is 6.43. The van der Waals surface area contributed by atoms with E-state index in [1.165, 1.54) is 5.56 Å². The van der Waals surface area contributed by atoms with E-state index in [9.17, 15) is 0 Å². The van der Waals surface area contributed by atoms with Crippen LogP contribution in [0.15, 0.2) is 48.5 Å². The van der Waals surface area contributed by atoms with Crippen molar-refractivity contribution in [1.82, 2.24) is 4.90 Å². The molecular formula is C16H18Cl2N2. The Bertz CT molecular complexity index is 543. The summed E-state index contributed by atoms with van der Waals surface area (Å²) in [6, 6.07) is 16.0. The van der Waals surface area contributed by atoms with Gasteiger partial charge >= 0.3 is 0 Å². The van der Waals surface area contributed by atoms with Gasteiger partial charge in [0.25, 0.3) is 0 Å². The molecule has 106 valence electrons. The number of hydrogen-bond donors (Lipinski definition) is 1. The molecule has 0 aromatic heterocycles. The van der Waals surface area contributed by atoms with Gasteiger partial charge in [-0.05, 0) is 24.7 Å². The van der Waals surface area contributed by atoms with Gasteiger partial charge < -0.3 is 10.2 Å². The summed E-state index contributed by atoms with van der Waals surface area (Å²) in [4.78, 5) is 2.26. The molecule has 2 aromatic rings. The van der Waals surface area contributed by atoms with E-state index in [0.29, 0.717) is 10.0 Å². The summed E-state index contributed by atoms with van der Waals surface area (Å²) in [7, 11) is 2.11. The number of nitrogens with zero attached hydrogens (tertiary/aromatic N) is 1. The van der Waals surface area contributed by atoms with E-state index in [1.54, 1.807) is 6.07 Å². The first kappa shape index (κ1) is 15.2. The smallest absolute Gasteiger partial charge is 0.0823 e. The summed E-state index contributed by atoms with van der Waals surface area (Å²) >= 11 is 12.1. The average Bonchev–Trinajstić information content (AvgIpc) is 2.44. The van der Waals surface area contributed by atoms with Crippen LogP contribution >= 0.6 is 23.2 Å². The third-order valence-corrected chi connectivity index (χ3v) is 3.87. The predicted molar refractivity (Wildman–Crippen MR) is 87.7 cm³/mol. The van der Waals surface area contributed by atoms with Gasteiger partial charge in [-0.2, -0.15) is 0 Å². The first-order valence-electron chi connectivity index (χ1n) is 6.57. The molecule has 0 radical (unpaired) electrons.